The van der Waals surface area contributed by atoms with E-state index in [1.165, 1.54) is 0 Å². The zero-order chi connectivity index (χ0) is 26.2. The maximum absolute atomic E-state index is 14.5. The molecule has 0 spiro atoms. The lowest BCUT2D eigenvalue weighted by Crippen LogP contribution is -2.53. The zero-order valence-corrected chi connectivity index (χ0v) is 17.6. The van der Waals surface area contributed by atoms with Crippen molar-refractivity contribution in [1.82, 2.24) is 4.98 Å². The Morgan fingerprint density at radius 1 is 1.20 bits per heavy atom. The number of benzene rings is 1. The van der Waals surface area contributed by atoms with Gasteiger partial charge in [0.2, 0.25) is 5.60 Å². The second-order valence-corrected chi connectivity index (χ2v) is 7.51. The van der Waals surface area contributed by atoms with Crippen LogP contribution in [-0.4, -0.2) is 48.1 Å². The Morgan fingerprint density at radius 2 is 1.89 bits per heavy atom. The van der Waals surface area contributed by atoms with Crippen LogP contribution in [0.15, 0.2) is 41.5 Å². The van der Waals surface area contributed by atoms with Gasteiger partial charge in [0, 0.05) is 11.3 Å². The van der Waals surface area contributed by atoms with Crippen LogP contribution in [0.5, 0.6) is 5.75 Å². The van der Waals surface area contributed by atoms with E-state index in [0.717, 1.165) is 43.5 Å². The third-order valence-electron chi connectivity index (χ3n) is 4.98. The van der Waals surface area contributed by atoms with Gasteiger partial charge in [0.15, 0.2) is 6.61 Å². The predicted octanol–water partition coefficient (Wildman–Crippen LogP) is 4.24. The number of aliphatic imine (C=N–C) groups is 1. The minimum atomic E-state index is -5.81. The molecule has 0 unspecified atom stereocenters. The van der Waals surface area contributed by atoms with Gasteiger partial charge in [-0.15, -0.1) is 0 Å². The molecule has 1 aliphatic rings. The van der Waals surface area contributed by atoms with E-state index >= 15 is 0 Å². The molecule has 15 heteroatoms. The Bertz CT molecular complexity index is 1140. The molecule has 0 saturated carbocycles. The van der Waals surface area contributed by atoms with Crippen molar-refractivity contribution in [3.63, 3.8) is 0 Å². The lowest BCUT2D eigenvalue weighted by atomic mass is 9.87. The highest BCUT2D eigenvalue weighted by Crippen LogP contribution is 2.44. The Hall–Kier alpha value is -3.65. The van der Waals surface area contributed by atoms with Crippen molar-refractivity contribution < 1.29 is 49.4 Å². The van der Waals surface area contributed by atoms with Crippen LogP contribution in [0, 0.1) is 5.82 Å². The summed E-state index contributed by atoms with van der Waals surface area (Å²) in [6.07, 6.45) is -5.08. The molecule has 3 rings (SSSR count). The average molecular weight is 512 g/mol. The van der Waals surface area contributed by atoms with E-state index < -0.39 is 65.8 Å². The lowest BCUT2D eigenvalue weighted by Gasteiger charge is -2.39. The topological polar surface area (TPSA) is 98.8 Å². The second-order valence-electron chi connectivity index (χ2n) is 7.51. The van der Waals surface area contributed by atoms with Crippen LogP contribution in [-0.2, 0) is 10.3 Å². The van der Waals surface area contributed by atoms with Crippen molar-refractivity contribution in [3.8, 4) is 5.75 Å². The van der Waals surface area contributed by atoms with Gasteiger partial charge in [0.25, 0.3) is 11.9 Å². The number of nitrogens with zero attached hydrogens (tertiary/aromatic N) is 2. The number of amides is 1. The number of carbonyl (C=O) groups excluding carboxylic acids is 1. The van der Waals surface area contributed by atoms with Gasteiger partial charge in [0.05, 0.1) is 6.20 Å². The van der Waals surface area contributed by atoms with E-state index in [4.69, 9.17) is 10.5 Å². The van der Waals surface area contributed by atoms with Gasteiger partial charge in [-0.1, -0.05) is 0 Å². The van der Waals surface area contributed by atoms with Crippen molar-refractivity contribution in [2.24, 2.45) is 10.7 Å². The first-order chi connectivity index (χ1) is 16.1. The quantitative estimate of drug-likeness (QED) is 0.565. The Morgan fingerprint density at radius 3 is 2.49 bits per heavy atom. The van der Waals surface area contributed by atoms with Crippen LogP contribution in [0.3, 0.4) is 0 Å². The summed E-state index contributed by atoms with van der Waals surface area (Å²) < 4.78 is 115. The Kier molecular flexibility index (Phi) is 6.57. The van der Waals surface area contributed by atoms with Crippen molar-refractivity contribution in [1.29, 1.82) is 0 Å². The molecule has 7 nitrogen and oxygen atoms in total. The lowest BCUT2D eigenvalue weighted by molar-refractivity contribution is -0.290. The summed E-state index contributed by atoms with van der Waals surface area (Å²) in [4.78, 5) is 19.3. The van der Waals surface area contributed by atoms with Gasteiger partial charge in [-0.25, -0.2) is 14.4 Å². The third kappa shape index (κ3) is 5.22. The fourth-order valence-electron chi connectivity index (χ4n) is 2.92. The minimum Gasteiger partial charge on any atom is -0.485 e. The summed E-state index contributed by atoms with van der Waals surface area (Å²) in [5.74, 6) is -11.2. The van der Waals surface area contributed by atoms with E-state index in [2.05, 4.69) is 20.0 Å². The molecule has 0 aliphatic carbocycles. The first-order valence-corrected chi connectivity index (χ1v) is 9.57. The zero-order valence-electron chi connectivity index (χ0n) is 17.6. The molecule has 0 saturated heterocycles. The first-order valence-electron chi connectivity index (χ1n) is 9.57. The highest BCUT2D eigenvalue weighted by Gasteiger charge is 2.58. The molecule has 2 heterocycles. The minimum absolute atomic E-state index is 0.139. The first kappa shape index (κ1) is 26.0. The van der Waals surface area contributed by atoms with Crippen LogP contribution in [0.25, 0.3) is 0 Å². The summed E-state index contributed by atoms with van der Waals surface area (Å²) in [5.41, 5.74) is 1.73. The molecular weight excluding hydrogens is 496 g/mol. The van der Waals surface area contributed by atoms with Crippen molar-refractivity contribution in [2.45, 2.75) is 30.5 Å². The van der Waals surface area contributed by atoms with E-state index in [1.54, 1.807) is 0 Å². The number of rotatable bonds is 6. The van der Waals surface area contributed by atoms with Crippen LogP contribution in [0.1, 0.15) is 23.0 Å². The van der Waals surface area contributed by atoms with E-state index in [-0.39, 0.29) is 11.4 Å². The molecule has 1 atom stereocenters. The molecule has 1 aromatic carbocycles. The van der Waals surface area contributed by atoms with E-state index in [9.17, 15) is 39.9 Å². The molecule has 1 amide bonds. The van der Waals surface area contributed by atoms with Crippen molar-refractivity contribution in [2.75, 3.05) is 18.5 Å². The van der Waals surface area contributed by atoms with Gasteiger partial charge in [-0.05, 0) is 37.3 Å². The smallest absolute Gasteiger partial charge is 0.456 e. The van der Waals surface area contributed by atoms with Crippen LogP contribution in [0.4, 0.5) is 40.8 Å². The highest BCUT2D eigenvalue weighted by molar-refractivity contribution is 6.02. The normalized spacial score (nSPS) is 20.0. The molecular formula is C20H16F8N4O3. The van der Waals surface area contributed by atoms with E-state index in [1.807, 2.05) is 0 Å². The summed E-state index contributed by atoms with van der Waals surface area (Å²) >= 11 is 0. The number of nitrogens with one attached hydrogen (secondary N) is 1. The molecule has 35 heavy (non-hydrogen) atoms. The van der Waals surface area contributed by atoms with Crippen LogP contribution < -0.4 is 15.8 Å². The molecule has 0 fully saturated rings. The maximum atomic E-state index is 14.5. The number of alkyl halides is 7. The predicted molar refractivity (Wildman–Crippen MR) is 105 cm³/mol. The molecule has 0 bridgehead atoms. The van der Waals surface area contributed by atoms with Gasteiger partial charge in [-0.3, -0.25) is 4.79 Å². The maximum Gasteiger partial charge on any atom is 0.456 e. The van der Waals surface area contributed by atoms with Gasteiger partial charge in [0.1, 0.15) is 23.8 Å². The number of hydrogen-bond donors (Lipinski definition) is 2. The number of nitrogens with two attached hydrogens (primary N) is 1. The largest absolute Gasteiger partial charge is 0.485 e. The summed E-state index contributed by atoms with van der Waals surface area (Å²) in [6.45, 7) is -2.15. The fourth-order valence-corrected chi connectivity index (χ4v) is 2.92. The molecule has 190 valence electrons. The van der Waals surface area contributed by atoms with E-state index in [0.29, 0.717) is 0 Å². The highest BCUT2D eigenvalue weighted by atomic mass is 19.4. The number of ether oxygens (including phenoxy) is 2. The van der Waals surface area contributed by atoms with Gasteiger partial charge >= 0.3 is 18.0 Å². The van der Waals surface area contributed by atoms with Crippen molar-refractivity contribution >= 4 is 17.6 Å². The number of anilines is 1. The number of hydrogen-bond acceptors (Lipinski definition) is 6. The van der Waals surface area contributed by atoms with Gasteiger partial charge < -0.3 is 20.5 Å². The molecule has 0 radical (unpaired) electrons. The second kappa shape index (κ2) is 8.85. The number of carbonyl (C=O) groups is 1. The van der Waals surface area contributed by atoms with Crippen LogP contribution >= 0.6 is 0 Å². The molecule has 3 N–H and O–H groups in total. The third-order valence-corrected chi connectivity index (χ3v) is 4.98. The van der Waals surface area contributed by atoms with Gasteiger partial charge in [-0.2, -0.15) is 30.7 Å². The summed E-state index contributed by atoms with van der Waals surface area (Å²) in [6, 6.07) is 4.07. The molecule has 1 aromatic heterocycles. The number of aromatic nitrogens is 1. The Balaban J connectivity index is 1.75. The average Bonchev–Trinajstić information content (AvgIpc) is 2.76. The number of halogens is 8. The number of pyridine rings is 1. The molecule has 1 aliphatic heterocycles. The van der Waals surface area contributed by atoms with Crippen LogP contribution in [0.2, 0.25) is 0 Å². The monoisotopic (exact) mass is 512 g/mol. The fraction of sp³-hybridized carbons (Fsp3) is 0.350. The van der Waals surface area contributed by atoms with Crippen molar-refractivity contribution in [3.05, 3.63) is 53.6 Å². The summed E-state index contributed by atoms with van der Waals surface area (Å²) in [7, 11) is 0. The number of amidine groups is 1. The SMILES string of the molecule is C[C@]1(c2cc(NC(=O)c3ccc(OCC(F)(F)C(F)(F)F)cn3)ccc2F)OC(N)=NCC1(F)F. The standard InChI is InChI=1S/C20H16F8N4O3/c1-17(18(22,23)8-31-16(29)35-17)12-6-10(2-4-13(12)21)32-15(33)14-5-3-11(7-30-14)34-9-19(24,25)20(26,27)28/h2-7H,8-9H2,1H3,(H2,29,31)(H,32,33)/t17-/m1/s1. The Labute approximate surface area is 191 Å². The molecule has 2 aromatic rings. The summed E-state index contributed by atoms with van der Waals surface area (Å²) in [5, 5.41) is 2.28.